The molecule has 0 spiro atoms. The Morgan fingerprint density at radius 3 is 2.58 bits per heavy atom. The van der Waals surface area contributed by atoms with Crippen LogP contribution in [0.2, 0.25) is 0 Å². The molecule has 2 heterocycles. The Morgan fingerprint density at radius 1 is 1.35 bits per heavy atom. The number of hydrogen-bond acceptors (Lipinski definition) is 5. The third kappa shape index (κ3) is 7.28. The van der Waals surface area contributed by atoms with Gasteiger partial charge in [0.25, 0.3) is 0 Å². The normalized spacial score (nSPS) is 17.7. The highest BCUT2D eigenvalue weighted by atomic mass is 127. The van der Waals surface area contributed by atoms with E-state index in [1.165, 1.54) is 13.1 Å². The zero-order valence-corrected chi connectivity index (χ0v) is 20.0. The molecule has 1 fully saturated rings. The summed E-state index contributed by atoms with van der Waals surface area (Å²) >= 11 is 1.70. The van der Waals surface area contributed by atoms with Gasteiger partial charge in [-0.1, -0.05) is 6.92 Å². The second kappa shape index (κ2) is 12.1. The summed E-state index contributed by atoms with van der Waals surface area (Å²) < 4.78 is 0. The van der Waals surface area contributed by atoms with Gasteiger partial charge in [0.05, 0.1) is 23.8 Å². The van der Waals surface area contributed by atoms with Crippen LogP contribution in [0.1, 0.15) is 31.5 Å². The maximum absolute atomic E-state index is 4.88. The molecule has 150 valence electrons. The van der Waals surface area contributed by atoms with Crippen LogP contribution >= 0.6 is 35.3 Å². The van der Waals surface area contributed by atoms with Crippen LogP contribution in [0.5, 0.6) is 0 Å². The number of piperazine rings is 1. The molecule has 0 radical (unpaired) electrons. The Labute approximate surface area is 180 Å². The fourth-order valence-corrected chi connectivity index (χ4v) is 3.73. The highest BCUT2D eigenvalue weighted by Crippen LogP contribution is 2.10. The Balaban J connectivity index is 0.00000338. The predicted molar refractivity (Wildman–Crippen MR) is 123 cm³/mol. The fourth-order valence-electron chi connectivity index (χ4n) is 3.12. The van der Waals surface area contributed by atoms with E-state index in [1.807, 2.05) is 6.92 Å². The summed E-state index contributed by atoms with van der Waals surface area (Å²) in [7, 11) is 2.08. The van der Waals surface area contributed by atoms with Crippen molar-refractivity contribution in [1.82, 2.24) is 25.0 Å². The third-order valence-corrected chi connectivity index (χ3v) is 5.57. The van der Waals surface area contributed by atoms with Gasteiger partial charge in [0.1, 0.15) is 0 Å². The van der Waals surface area contributed by atoms with E-state index in [1.54, 1.807) is 11.3 Å². The van der Waals surface area contributed by atoms with Crippen molar-refractivity contribution < 1.29 is 0 Å². The van der Waals surface area contributed by atoms with E-state index < -0.39 is 0 Å². The smallest absolute Gasteiger partial charge is 0.194 e. The van der Waals surface area contributed by atoms with Crippen LogP contribution in [0.15, 0.2) is 10.4 Å². The molecule has 0 amide bonds. The quantitative estimate of drug-likeness (QED) is 0.359. The van der Waals surface area contributed by atoms with E-state index in [2.05, 4.69) is 58.2 Å². The number of nitrogens with one attached hydrogen (secondary N) is 1. The van der Waals surface area contributed by atoms with Gasteiger partial charge in [0.2, 0.25) is 0 Å². The number of aryl methyl sites for hydroxylation is 1. The monoisotopic (exact) mass is 494 g/mol. The van der Waals surface area contributed by atoms with Crippen LogP contribution in [-0.2, 0) is 6.54 Å². The molecular formula is C18H35IN6S. The first kappa shape index (κ1) is 23.6. The summed E-state index contributed by atoms with van der Waals surface area (Å²) in [6.07, 6.45) is 0. The minimum atomic E-state index is 0. The standard InChI is InChI=1S/C18H34N6S.HI/c1-6-19-18(22(5)13-17-14-25-16(4)21-17)20-12-15(3)24-10-8-23(7-2)9-11-24;/h14-15H,6-13H2,1-5H3,(H,19,20);1H. The number of nitrogens with zero attached hydrogens (tertiary/aromatic N) is 5. The molecule has 0 bridgehead atoms. The van der Waals surface area contributed by atoms with Crippen molar-refractivity contribution in [1.29, 1.82) is 0 Å². The van der Waals surface area contributed by atoms with Crippen LogP contribution in [0.4, 0.5) is 0 Å². The van der Waals surface area contributed by atoms with Gasteiger partial charge < -0.3 is 15.1 Å². The number of rotatable bonds is 7. The first-order valence-corrected chi connectivity index (χ1v) is 10.3. The lowest BCUT2D eigenvalue weighted by Gasteiger charge is -2.37. The molecule has 8 heteroatoms. The van der Waals surface area contributed by atoms with Crippen molar-refractivity contribution >= 4 is 41.3 Å². The SMILES string of the molecule is CCNC(=NCC(C)N1CCN(CC)CC1)N(C)Cc1csc(C)n1.I. The predicted octanol–water partition coefficient (Wildman–Crippen LogP) is 2.49. The van der Waals surface area contributed by atoms with Crippen molar-refractivity contribution in [3.63, 3.8) is 0 Å². The molecule has 1 unspecified atom stereocenters. The van der Waals surface area contributed by atoms with Crippen LogP contribution in [0.25, 0.3) is 0 Å². The van der Waals surface area contributed by atoms with Gasteiger partial charge in [0, 0.05) is 51.2 Å². The summed E-state index contributed by atoms with van der Waals surface area (Å²) in [4.78, 5) is 16.7. The molecule has 6 nitrogen and oxygen atoms in total. The average molecular weight is 494 g/mol. The van der Waals surface area contributed by atoms with Crippen molar-refractivity contribution in [3.8, 4) is 0 Å². The maximum atomic E-state index is 4.88. The third-order valence-electron chi connectivity index (χ3n) is 4.74. The van der Waals surface area contributed by atoms with Crippen LogP contribution in [0, 0.1) is 6.92 Å². The van der Waals surface area contributed by atoms with Gasteiger partial charge >= 0.3 is 0 Å². The number of guanidine groups is 1. The molecule has 1 aromatic rings. The second-order valence-corrected chi connectivity index (χ2v) is 7.79. The molecular weight excluding hydrogens is 459 g/mol. The summed E-state index contributed by atoms with van der Waals surface area (Å²) in [5.41, 5.74) is 1.11. The van der Waals surface area contributed by atoms with E-state index in [0.717, 1.165) is 55.9 Å². The molecule has 0 aromatic carbocycles. The number of hydrogen-bond donors (Lipinski definition) is 1. The molecule has 26 heavy (non-hydrogen) atoms. The van der Waals surface area contributed by atoms with E-state index in [-0.39, 0.29) is 24.0 Å². The number of halogens is 1. The maximum Gasteiger partial charge on any atom is 0.194 e. The Morgan fingerprint density at radius 2 is 2.04 bits per heavy atom. The van der Waals surface area contributed by atoms with E-state index in [0.29, 0.717) is 6.04 Å². The molecule has 0 saturated carbocycles. The number of aromatic nitrogens is 1. The van der Waals surface area contributed by atoms with Crippen LogP contribution < -0.4 is 5.32 Å². The van der Waals surface area contributed by atoms with Gasteiger partial charge in [-0.2, -0.15) is 0 Å². The number of aliphatic imine (C=N–C) groups is 1. The van der Waals surface area contributed by atoms with Crippen molar-refractivity contribution in [2.45, 2.75) is 40.3 Å². The molecule has 1 atom stereocenters. The van der Waals surface area contributed by atoms with Gasteiger partial charge in [-0.15, -0.1) is 35.3 Å². The topological polar surface area (TPSA) is 47.0 Å². The van der Waals surface area contributed by atoms with Crippen molar-refractivity contribution in [2.24, 2.45) is 4.99 Å². The lowest BCUT2D eigenvalue weighted by atomic mass is 10.2. The van der Waals surface area contributed by atoms with Gasteiger partial charge in [-0.25, -0.2) is 4.98 Å². The average Bonchev–Trinajstić information content (AvgIpc) is 3.03. The first-order valence-electron chi connectivity index (χ1n) is 9.40. The molecule has 1 saturated heterocycles. The number of thiazole rings is 1. The Bertz CT molecular complexity index is 542. The van der Waals surface area contributed by atoms with Crippen LogP contribution in [0.3, 0.4) is 0 Å². The minimum absolute atomic E-state index is 0. The number of likely N-dealkylation sites (N-methyl/N-ethyl adjacent to an activating group) is 1. The fraction of sp³-hybridized carbons (Fsp3) is 0.778. The van der Waals surface area contributed by atoms with Crippen LogP contribution in [-0.4, -0.2) is 84.5 Å². The van der Waals surface area contributed by atoms with Gasteiger partial charge in [-0.3, -0.25) is 9.89 Å². The van der Waals surface area contributed by atoms with Gasteiger partial charge in [0.15, 0.2) is 5.96 Å². The zero-order chi connectivity index (χ0) is 18.2. The lowest BCUT2D eigenvalue weighted by molar-refractivity contribution is 0.109. The first-order chi connectivity index (χ1) is 12.0. The molecule has 1 N–H and O–H groups in total. The molecule has 2 rings (SSSR count). The van der Waals surface area contributed by atoms with E-state index >= 15 is 0 Å². The Hall–Kier alpha value is -0.450. The van der Waals surface area contributed by atoms with Gasteiger partial charge in [-0.05, 0) is 27.3 Å². The van der Waals surface area contributed by atoms with Crippen molar-refractivity contribution in [2.75, 3.05) is 52.9 Å². The van der Waals surface area contributed by atoms with E-state index in [4.69, 9.17) is 4.99 Å². The molecule has 1 aliphatic rings. The van der Waals surface area contributed by atoms with Crippen molar-refractivity contribution in [3.05, 3.63) is 16.1 Å². The minimum Gasteiger partial charge on any atom is -0.357 e. The Kier molecular flexibility index (Phi) is 11.0. The largest absolute Gasteiger partial charge is 0.357 e. The summed E-state index contributed by atoms with van der Waals surface area (Å²) in [6.45, 7) is 17.0. The second-order valence-electron chi connectivity index (χ2n) is 6.73. The summed E-state index contributed by atoms with van der Waals surface area (Å²) in [6, 6.07) is 0.475. The highest BCUT2D eigenvalue weighted by molar-refractivity contribution is 14.0. The van der Waals surface area contributed by atoms with E-state index in [9.17, 15) is 0 Å². The summed E-state index contributed by atoms with van der Waals surface area (Å²) in [5, 5.41) is 6.65. The molecule has 1 aliphatic heterocycles. The lowest BCUT2D eigenvalue weighted by Crippen LogP contribution is -2.50. The zero-order valence-electron chi connectivity index (χ0n) is 16.9. The molecule has 1 aromatic heterocycles. The summed E-state index contributed by atoms with van der Waals surface area (Å²) in [5.74, 6) is 0.965. The molecule has 0 aliphatic carbocycles. The highest BCUT2D eigenvalue weighted by Gasteiger charge is 2.20.